The number of esters is 1. The minimum absolute atomic E-state index is 0.216. The van der Waals surface area contributed by atoms with Crippen LogP contribution in [-0.4, -0.2) is 28.8 Å². The lowest BCUT2D eigenvalue weighted by atomic mass is 9.94. The zero-order valence-corrected chi connectivity index (χ0v) is 20.1. The summed E-state index contributed by atoms with van der Waals surface area (Å²) in [5.41, 5.74) is 7.88. The quantitative estimate of drug-likeness (QED) is 0.419. The Kier molecular flexibility index (Phi) is 7.14. The smallest absolute Gasteiger partial charge is 0.310 e. The molecule has 1 aliphatic rings. The van der Waals surface area contributed by atoms with Crippen molar-refractivity contribution >= 4 is 5.97 Å². The van der Waals surface area contributed by atoms with Crippen molar-refractivity contribution in [2.75, 3.05) is 7.11 Å². The molecule has 4 rings (SSSR count). The van der Waals surface area contributed by atoms with Gasteiger partial charge in [-0.25, -0.2) is 0 Å². The summed E-state index contributed by atoms with van der Waals surface area (Å²) in [6, 6.07) is 14.9. The SMILES string of the molecule is COC(=O)Cc1cncc(-c2ccc(Cc3ccc(C#CC4(O)CCCC4)c(C)c3)cc2C)c1. The summed E-state index contributed by atoms with van der Waals surface area (Å²) in [5, 5.41) is 10.5. The van der Waals surface area contributed by atoms with Gasteiger partial charge in [0.15, 0.2) is 0 Å². The minimum Gasteiger partial charge on any atom is -0.469 e. The van der Waals surface area contributed by atoms with Crippen molar-refractivity contribution in [3.63, 3.8) is 0 Å². The molecule has 4 nitrogen and oxygen atoms in total. The Bertz CT molecular complexity index is 1260. The maximum atomic E-state index is 11.6. The number of aromatic nitrogens is 1. The molecule has 174 valence electrons. The lowest BCUT2D eigenvalue weighted by Crippen LogP contribution is -2.20. The van der Waals surface area contributed by atoms with Gasteiger partial charge in [-0.05, 0) is 91.5 Å². The zero-order valence-electron chi connectivity index (χ0n) is 20.1. The molecule has 0 amide bonds. The molecule has 0 unspecified atom stereocenters. The first-order chi connectivity index (χ1) is 16.3. The second-order valence-corrected chi connectivity index (χ2v) is 9.30. The van der Waals surface area contributed by atoms with Gasteiger partial charge in [-0.2, -0.15) is 0 Å². The number of rotatable bonds is 5. The van der Waals surface area contributed by atoms with Crippen molar-refractivity contribution in [2.45, 2.75) is 58.0 Å². The van der Waals surface area contributed by atoms with E-state index < -0.39 is 5.60 Å². The molecule has 2 aromatic carbocycles. The number of nitrogens with zero attached hydrogens (tertiary/aromatic N) is 1. The van der Waals surface area contributed by atoms with Crippen LogP contribution in [0.2, 0.25) is 0 Å². The fourth-order valence-corrected chi connectivity index (χ4v) is 4.61. The van der Waals surface area contributed by atoms with Gasteiger partial charge in [-0.15, -0.1) is 0 Å². The Morgan fingerprint density at radius 3 is 2.38 bits per heavy atom. The zero-order chi connectivity index (χ0) is 24.1. The van der Waals surface area contributed by atoms with Crippen LogP contribution in [0.25, 0.3) is 11.1 Å². The fraction of sp³-hybridized carbons (Fsp3) is 0.333. The molecular weight excluding hydrogens is 422 g/mol. The van der Waals surface area contributed by atoms with Crippen LogP contribution in [0, 0.1) is 25.7 Å². The van der Waals surface area contributed by atoms with Gasteiger partial charge in [0.2, 0.25) is 0 Å². The highest BCUT2D eigenvalue weighted by Crippen LogP contribution is 2.29. The molecule has 0 spiro atoms. The highest BCUT2D eigenvalue weighted by Gasteiger charge is 2.28. The third-order valence-electron chi connectivity index (χ3n) is 6.53. The molecule has 0 saturated heterocycles. The Morgan fingerprint density at radius 1 is 1.00 bits per heavy atom. The monoisotopic (exact) mass is 453 g/mol. The van der Waals surface area contributed by atoms with E-state index in [0.29, 0.717) is 0 Å². The number of hydrogen-bond donors (Lipinski definition) is 1. The number of ether oxygens (including phenoxy) is 1. The molecule has 1 aliphatic carbocycles. The maximum absolute atomic E-state index is 11.6. The number of pyridine rings is 1. The molecule has 1 aromatic heterocycles. The predicted molar refractivity (Wildman–Crippen MR) is 134 cm³/mol. The molecule has 1 N–H and O–H groups in total. The van der Waals surface area contributed by atoms with Gasteiger partial charge >= 0.3 is 5.97 Å². The normalized spacial score (nSPS) is 14.4. The van der Waals surface area contributed by atoms with Crippen molar-refractivity contribution in [1.29, 1.82) is 0 Å². The first kappa shape index (κ1) is 23.7. The molecule has 1 fully saturated rings. The van der Waals surface area contributed by atoms with Gasteiger partial charge in [0.1, 0.15) is 5.60 Å². The van der Waals surface area contributed by atoms with Crippen LogP contribution in [0.1, 0.15) is 59.1 Å². The topological polar surface area (TPSA) is 59.4 Å². The number of aliphatic hydroxyl groups is 1. The lowest BCUT2D eigenvalue weighted by molar-refractivity contribution is -0.139. The van der Waals surface area contributed by atoms with Crippen molar-refractivity contribution in [2.24, 2.45) is 0 Å². The van der Waals surface area contributed by atoms with Gasteiger partial charge < -0.3 is 9.84 Å². The van der Waals surface area contributed by atoms with Crippen molar-refractivity contribution in [1.82, 2.24) is 4.98 Å². The average Bonchev–Trinajstić information content (AvgIpc) is 3.25. The first-order valence-corrected chi connectivity index (χ1v) is 11.8. The summed E-state index contributed by atoms with van der Waals surface area (Å²) in [4.78, 5) is 15.9. The average molecular weight is 454 g/mol. The van der Waals surface area contributed by atoms with E-state index in [1.807, 2.05) is 12.3 Å². The summed E-state index contributed by atoms with van der Waals surface area (Å²) in [6.07, 6.45) is 8.24. The van der Waals surface area contributed by atoms with Gasteiger partial charge in [0, 0.05) is 23.5 Å². The third kappa shape index (κ3) is 5.73. The second kappa shape index (κ2) is 10.2. The van der Waals surface area contributed by atoms with E-state index in [9.17, 15) is 9.90 Å². The molecule has 34 heavy (non-hydrogen) atoms. The molecule has 0 radical (unpaired) electrons. The van der Waals surface area contributed by atoms with Crippen molar-refractivity contribution in [3.05, 3.63) is 88.2 Å². The number of carbonyl (C=O) groups excluding carboxylic acids is 1. The van der Waals surface area contributed by atoms with Crippen LogP contribution in [0.4, 0.5) is 0 Å². The summed E-state index contributed by atoms with van der Waals surface area (Å²) in [6.45, 7) is 4.18. The highest BCUT2D eigenvalue weighted by atomic mass is 16.5. The van der Waals surface area contributed by atoms with Crippen molar-refractivity contribution in [3.8, 4) is 23.0 Å². The van der Waals surface area contributed by atoms with E-state index in [2.05, 4.69) is 67.1 Å². The van der Waals surface area contributed by atoms with Crippen LogP contribution in [0.5, 0.6) is 0 Å². The van der Waals surface area contributed by atoms with Gasteiger partial charge in [0.05, 0.1) is 13.5 Å². The van der Waals surface area contributed by atoms with Gasteiger partial charge in [-0.3, -0.25) is 9.78 Å². The number of methoxy groups -OCH3 is 1. The summed E-state index contributed by atoms with van der Waals surface area (Å²) >= 11 is 0. The largest absolute Gasteiger partial charge is 0.469 e. The number of benzene rings is 2. The molecular formula is C30H31NO3. The van der Waals surface area contributed by atoms with Crippen molar-refractivity contribution < 1.29 is 14.6 Å². The highest BCUT2D eigenvalue weighted by molar-refractivity contribution is 5.74. The molecule has 0 bridgehead atoms. The van der Waals surface area contributed by atoms with E-state index in [-0.39, 0.29) is 12.4 Å². The van der Waals surface area contributed by atoms with E-state index in [1.165, 1.54) is 23.8 Å². The summed E-state index contributed by atoms with van der Waals surface area (Å²) in [5.74, 6) is 6.04. The third-order valence-corrected chi connectivity index (χ3v) is 6.53. The maximum Gasteiger partial charge on any atom is 0.310 e. The van der Waals surface area contributed by atoms with E-state index in [0.717, 1.165) is 59.9 Å². The Labute approximate surface area is 202 Å². The first-order valence-electron chi connectivity index (χ1n) is 11.8. The summed E-state index contributed by atoms with van der Waals surface area (Å²) < 4.78 is 4.77. The standard InChI is InChI=1S/C30H31NO3/c1-21-14-23(6-8-26(21)10-13-30(33)11-4-5-12-30)16-24-7-9-28(22(2)15-24)27-17-25(19-31-20-27)18-29(32)34-3/h6-9,14-15,17,19-20,33H,4-5,11-12,16,18H2,1-3H3. The Balaban J connectivity index is 1.49. The van der Waals surface area contributed by atoms with Gasteiger partial charge in [-0.1, -0.05) is 42.2 Å². The Morgan fingerprint density at radius 2 is 1.71 bits per heavy atom. The molecule has 0 atom stereocenters. The predicted octanol–water partition coefficient (Wildman–Crippen LogP) is 5.33. The van der Waals surface area contributed by atoms with Crippen LogP contribution < -0.4 is 0 Å². The molecule has 3 aromatic rings. The molecule has 1 heterocycles. The number of carbonyl (C=O) groups is 1. The molecule has 4 heteroatoms. The molecule has 0 aliphatic heterocycles. The lowest BCUT2D eigenvalue weighted by Gasteiger charge is -2.13. The van der Waals surface area contributed by atoms with Gasteiger partial charge in [0.25, 0.3) is 0 Å². The van der Waals surface area contributed by atoms with E-state index in [1.54, 1.807) is 6.20 Å². The molecule has 1 saturated carbocycles. The minimum atomic E-state index is -0.807. The van der Waals surface area contributed by atoms with Crippen LogP contribution >= 0.6 is 0 Å². The van der Waals surface area contributed by atoms with E-state index in [4.69, 9.17) is 4.74 Å². The fourth-order valence-electron chi connectivity index (χ4n) is 4.61. The number of aryl methyl sites for hydroxylation is 2. The summed E-state index contributed by atoms with van der Waals surface area (Å²) in [7, 11) is 1.39. The Hall–Kier alpha value is -3.42. The van der Waals surface area contributed by atoms with Crippen LogP contribution in [0.15, 0.2) is 54.9 Å². The number of hydrogen-bond acceptors (Lipinski definition) is 4. The van der Waals surface area contributed by atoms with Crippen LogP contribution in [-0.2, 0) is 22.4 Å². The second-order valence-electron chi connectivity index (χ2n) is 9.30. The van der Waals surface area contributed by atoms with E-state index >= 15 is 0 Å². The van der Waals surface area contributed by atoms with Crippen LogP contribution in [0.3, 0.4) is 0 Å².